The molecule has 0 saturated carbocycles. The molecule has 4 aromatic rings. The summed E-state index contributed by atoms with van der Waals surface area (Å²) in [6, 6.07) is 17.2. The molecule has 2 aromatic heterocycles. The molecule has 0 bridgehead atoms. The summed E-state index contributed by atoms with van der Waals surface area (Å²) in [7, 11) is 0. The van der Waals surface area contributed by atoms with Crippen LogP contribution in [0.5, 0.6) is 0 Å². The van der Waals surface area contributed by atoms with Gasteiger partial charge in [0, 0.05) is 35.8 Å². The van der Waals surface area contributed by atoms with Crippen molar-refractivity contribution in [3.05, 3.63) is 104 Å². The second kappa shape index (κ2) is 9.92. The summed E-state index contributed by atoms with van der Waals surface area (Å²) in [6.07, 6.45) is 3.94. The van der Waals surface area contributed by atoms with Crippen LogP contribution < -0.4 is 10.6 Å². The number of thiophene rings is 1. The van der Waals surface area contributed by atoms with Gasteiger partial charge in [0.15, 0.2) is 0 Å². The molecule has 2 aromatic carbocycles. The summed E-state index contributed by atoms with van der Waals surface area (Å²) in [4.78, 5) is 39.7. The number of aromatic amines is 1. The standard InChI is InChI=1S/C24H20N4O4S/c29-23(25-11-10-17-15-26-20-8-2-1-7-19(17)20)21(27-24(30)22-9-4-12-33-22)14-16-5-3-6-18(13-16)28(31)32/h1-9,12-15,26H,10-11H2,(H,25,29)(H,27,30)/b21-14-. The zero-order valence-electron chi connectivity index (χ0n) is 17.4. The third-order valence-corrected chi connectivity index (χ3v) is 5.85. The quantitative estimate of drug-likeness (QED) is 0.207. The van der Waals surface area contributed by atoms with Gasteiger partial charge in [0.05, 0.1) is 9.80 Å². The number of nitro groups is 1. The molecule has 0 radical (unpaired) electrons. The van der Waals surface area contributed by atoms with Crippen molar-refractivity contribution in [2.45, 2.75) is 6.42 Å². The zero-order valence-corrected chi connectivity index (χ0v) is 18.2. The third-order valence-electron chi connectivity index (χ3n) is 4.98. The maximum atomic E-state index is 12.9. The lowest BCUT2D eigenvalue weighted by Gasteiger charge is -2.11. The van der Waals surface area contributed by atoms with Gasteiger partial charge in [-0.25, -0.2) is 0 Å². The van der Waals surface area contributed by atoms with Crippen molar-refractivity contribution in [1.29, 1.82) is 0 Å². The largest absolute Gasteiger partial charge is 0.361 e. The van der Waals surface area contributed by atoms with E-state index < -0.39 is 16.7 Å². The highest BCUT2D eigenvalue weighted by atomic mass is 32.1. The Labute approximate surface area is 193 Å². The van der Waals surface area contributed by atoms with E-state index in [4.69, 9.17) is 0 Å². The number of para-hydroxylation sites is 1. The normalized spacial score (nSPS) is 11.3. The van der Waals surface area contributed by atoms with Crippen molar-refractivity contribution in [1.82, 2.24) is 15.6 Å². The number of nitrogens with zero attached hydrogens (tertiary/aromatic N) is 1. The summed E-state index contributed by atoms with van der Waals surface area (Å²) in [5, 5.41) is 19.4. The number of H-pyrrole nitrogens is 1. The van der Waals surface area contributed by atoms with E-state index in [-0.39, 0.29) is 11.4 Å². The smallest absolute Gasteiger partial charge is 0.270 e. The SMILES string of the molecule is O=C(NCCc1c[nH]c2ccccc12)/C(=C/c1cccc([N+](=O)[O-])c1)NC(=O)c1cccs1. The van der Waals surface area contributed by atoms with Crippen LogP contribution in [0.15, 0.2) is 77.9 Å². The van der Waals surface area contributed by atoms with E-state index in [0.29, 0.717) is 23.4 Å². The molecule has 0 aliphatic heterocycles. The first-order valence-electron chi connectivity index (χ1n) is 10.2. The maximum Gasteiger partial charge on any atom is 0.270 e. The summed E-state index contributed by atoms with van der Waals surface area (Å²) < 4.78 is 0. The highest BCUT2D eigenvalue weighted by Gasteiger charge is 2.16. The molecular weight excluding hydrogens is 440 g/mol. The number of carbonyl (C=O) groups excluding carboxylic acids is 2. The number of amides is 2. The van der Waals surface area contributed by atoms with Crippen LogP contribution in [-0.2, 0) is 11.2 Å². The van der Waals surface area contributed by atoms with E-state index in [2.05, 4.69) is 15.6 Å². The lowest BCUT2D eigenvalue weighted by molar-refractivity contribution is -0.384. The number of carbonyl (C=O) groups is 2. The van der Waals surface area contributed by atoms with E-state index in [1.165, 1.54) is 35.6 Å². The first kappa shape index (κ1) is 22.0. The van der Waals surface area contributed by atoms with Crippen LogP contribution in [0.1, 0.15) is 20.8 Å². The topological polar surface area (TPSA) is 117 Å². The second-order valence-corrected chi connectivity index (χ2v) is 8.15. The molecule has 0 aliphatic carbocycles. The molecule has 3 N–H and O–H groups in total. The van der Waals surface area contributed by atoms with E-state index >= 15 is 0 Å². The van der Waals surface area contributed by atoms with E-state index in [1.54, 1.807) is 23.6 Å². The Morgan fingerprint density at radius 2 is 1.94 bits per heavy atom. The Hall–Kier alpha value is -4.24. The molecule has 33 heavy (non-hydrogen) atoms. The monoisotopic (exact) mass is 460 g/mol. The number of hydrogen-bond donors (Lipinski definition) is 3. The molecule has 0 saturated heterocycles. The van der Waals surface area contributed by atoms with Crippen molar-refractivity contribution < 1.29 is 14.5 Å². The number of fused-ring (bicyclic) bond motifs is 1. The van der Waals surface area contributed by atoms with Gasteiger partial charge in [-0.1, -0.05) is 36.4 Å². The molecule has 166 valence electrons. The van der Waals surface area contributed by atoms with Crippen molar-refractivity contribution in [2.24, 2.45) is 0 Å². The fourth-order valence-electron chi connectivity index (χ4n) is 3.39. The molecule has 0 spiro atoms. The zero-order chi connectivity index (χ0) is 23.2. The number of aromatic nitrogens is 1. The van der Waals surface area contributed by atoms with Gasteiger partial charge in [0.25, 0.3) is 17.5 Å². The maximum absolute atomic E-state index is 12.9. The van der Waals surface area contributed by atoms with Crippen LogP contribution in [0.25, 0.3) is 17.0 Å². The molecule has 0 atom stereocenters. The van der Waals surface area contributed by atoms with Crippen molar-refractivity contribution in [3.63, 3.8) is 0 Å². The number of non-ortho nitro benzene ring substituents is 1. The lowest BCUT2D eigenvalue weighted by atomic mass is 10.1. The van der Waals surface area contributed by atoms with Crippen LogP contribution in [0, 0.1) is 10.1 Å². The van der Waals surface area contributed by atoms with Gasteiger partial charge in [0.2, 0.25) is 0 Å². The average molecular weight is 461 g/mol. The predicted molar refractivity (Wildman–Crippen MR) is 128 cm³/mol. The number of nitro benzene ring substituents is 1. The third kappa shape index (κ3) is 5.34. The van der Waals surface area contributed by atoms with Crippen LogP contribution >= 0.6 is 11.3 Å². The van der Waals surface area contributed by atoms with Gasteiger partial charge in [-0.3, -0.25) is 19.7 Å². The van der Waals surface area contributed by atoms with Gasteiger partial charge in [-0.15, -0.1) is 11.3 Å². The molecule has 0 unspecified atom stereocenters. The first-order valence-corrected chi connectivity index (χ1v) is 11.0. The van der Waals surface area contributed by atoms with Gasteiger partial charge in [-0.05, 0) is 41.1 Å². The lowest BCUT2D eigenvalue weighted by Crippen LogP contribution is -2.35. The Kier molecular flexibility index (Phi) is 6.61. The molecule has 2 heterocycles. The van der Waals surface area contributed by atoms with Gasteiger partial charge in [-0.2, -0.15) is 0 Å². The van der Waals surface area contributed by atoms with E-state index in [9.17, 15) is 19.7 Å². The van der Waals surface area contributed by atoms with Crippen LogP contribution in [0.2, 0.25) is 0 Å². The Bertz CT molecular complexity index is 1340. The van der Waals surface area contributed by atoms with E-state index in [1.807, 2.05) is 30.5 Å². The molecule has 9 heteroatoms. The predicted octanol–water partition coefficient (Wildman–Crippen LogP) is 4.27. The number of benzene rings is 2. The fourth-order valence-corrected chi connectivity index (χ4v) is 4.01. The number of nitrogens with one attached hydrogen (secondary N) is 3. The minimum absolute atomic E-state index is 0.00725. The van der Waals surface area contributed by atoms with Crippen molar-refractivity contribution in [3.8, 4) is 0 Å². The molecule has 0 aliphatic rings. The van der Waals surface area contributed by atoms with E-state index in [0.717, 1.165) is 16.5 Å². The fraction of sp³-hybridized carbons (Fsp3) is 0.0833. The van der Waals surface area contributed by atoms with Crippen LogP contribution in [-0.4, -0.2) is 28.3 Å². The van der Waals surface area contributed by atoms with Crippen molar-refractivity contribution >= 4 is 45.8 Å². The van der Waals surface area contributed by atoms with Crippen molar-refractivity contribution in [2.75, 3.05) is 6.54 Å². The van der Waals surface area contributed by atoms with Gasteiger partial charge < -0.3 is 15.6 Å². The average Bonchev–Trinajstić information content (AvgIpc) is 3.49. The first-order chi connectivity index (χ1) is 16.0. The Morgan fingerprint density at radius 3 is 2.73 bits per heavy atom. The minimum Gasteiger partial charge on any atom is -0.361 e. The highest BCUT2D eigenvalue weighted by molar-refractivity contribution is 7.12. The van der Waals surface area contributed by atoms with Gasteiger partial charge >= 0.3 is 0 Å². The molecule has 8 nitrogen and oxygen atoms in total. The molecule has 4 rings (SSSR count). The Balaban J connectivity index is 1.51. The molecular formula is C24H20N4O4S. The van der Waals surface area contributed by atoms with Crippen LogP contribution in [0.4, 0.5) is 5.69 Å². The molecule has 0 fully saturated rings. The highest BCUT2D eigenvalue weighted by Crippen LogP contribution is 2.18. The van der Waals surface area contributed by atoms with Gasteiger partial charge in [0.1, 0.15) is 5.70 Å². The minimum atomic E-state index is -0.511. The number of rotatable bonds is 8. The summed E-state index contributed by atoms with van der Waals surface area (Å²) >= 11 is 1.25. The summed E-state index contributed by atoms with van der Waals surface area (Å²) in [5.74, 6) is -0.903. The number of hydrogen-bond acceptors (Lipinski definition) is 5. The van der Waals surface area contributed by atoms with Crippen LogP contribution in [0.3, 0.4) is 0 Å². The summed E-state index contributed by atoms with van der Waals surface area (Å²) in [5.41, 5.74) is 2.42. The summed E-state index contributed by atoms with van der Waals surface area (Å²) in [6.45, 7) is 0.349. The Morgan fingerprint density at radius 1 is 1.09 bits per heavy atom. The second-order valence-electron chi connectivity index (χ2n) is 7.21. The molecule has 2 amide bonds.